The highest BCUT2D eigenvalue weighted by Crippen LogP contribution is 2.29. The maximum atomic E-state index is 10.3. The number of aliphatic hydroxyl groups is 2. The molecule has 0 spiro atoms. The van der Waals surface area contributed by atoms with Crippen LogP contribution in [0.15, 0.2) is 54.6 Å². The van der Waals surface area contributed by atoms with Crippen LogP contribution in [0.1, 0.15) is 18.1 Å². The molecule has 0 radical (unpaired) electrons. The van der Waals surface area contributed by atoms with E-state index in [0.717, 1.165) is 11.4 Å². The van der Waals surface area contributed by atoms with E-state index in [4.69, 9.17) is 0 Å². The Kier molecular flexibility index (Phi) is 5.59. The number of benzene rings is 2. The Morgan fingerprint density at radius 2 is 1.60 bits per heavy atom. The van der Waals surface area contributed by atoms with Crippen molar-refractivity contribution in [1.29, 1.82) is 0 Å². The third-order valence-electron chi connectivity index (χ3n) is 3.10. The molecule has 0 amide bonds. The van der Waals surface area contributed by atoms with Gasteiger partial charge in [0.05, 0.1) is 6.10 Å². The zero-order valence-electron chi connectivity index (χ0n) is 11.0. The van der Waals surface area contributed by atoms with Crippen LogP contribution in [0.5, 0.6) is 0 Å². The second kappa shape index (κ2) is 7.43. The normalized spacial score (nSPS) is 13.8. The zero-order valence-corrected chi connectivity index (χ0v) is 12.6. The van der Waals surface area contributed by atoms with Crippen LogP contribution in [0.25, 0.3) is 0 Å². The van der Waals surface area contributed by atoms with E-state index < -0.39 is 12.2 Å². The van der Waals surface area contributed by atoms with Gasteiger partial charge in [-0.3, -0.25) is 0 Å². The number of para-hydroxylation sites is 2. The summed E-state index contributed by atoms with van der Waals surface area (Å²) in [7, 11) is 0. The predicted octanol–water partition coefficient (Wildman–Crippen LogP) is 3.61. The van der Waals surface area contributed by atoms with E-state index in [1.165, 1.54) is 0 Å². The highest BCUT2D eigenvalue weighted by atomic mass is 79.9. The van der Waals surface area contributed by atoms with Crippen molar-refractivity contribution in [3.05, 3.63) is 60.2 Å². The standard InChI is InChI=1S/C16H18BrNO2/c17-11-10-15(19)16(20)13-8-4-5-9-14(13)18-12-6-2-1-3-7-12/h1-9,15-16,18-20H,10-11H2. The van der Waals surface area contributed by atoms with Gasteiger partial charge in [-0.25, -0.2) is 0 Å². The number of nitrogens with one attached hydrogen (secondary N) is 1. The van der Waals surface area contributed by atoms with Crippen LogP contribution in [0.4, 0.5) is 11.4 Å². The summed E-state index contributed by atoms with van der Waals surface area (Å²) in [5.41, 5.74) is 2.45. The van der Waals surface area contributed by atoms with Gasteiger partial charge in [-0.15, -0.1) is 0 Å². The minimum absolute atomic E-state index is 0.501. The summed E-state index contributed by atoms with van der Waals surface area (Å²) in [6.07, 6.45) is -1.19. The van der Waals surface area contributed by atoms with Gasteiger partial charge in [-0.1, -0.05) is 52.3 Å². The molecule has 3 N–H and O–H groups in total. The van der Waals surface area contributed by atoms with Crippen molar-refractivity contribution in [3.63, 3.8) is 0 Å². The van der Waals surface area contributed by atoms with Gasteiger partial charge >= 0.3 is 0 Å². The molecule has 0 aliphatic heterocycles. The molecule has 0 bridgehead atoms. The van der Waals surface area contributed by atoms with E-state index in [9.17, 15) is 10.2 Å². The van der Waals surface area contributed by atoms with Gasteiger partial charge in [0.25, 0.3) is 0 Å². The first-order chi connectivity index (χ1) is 9.72. The molecular weight excluding hydrogens is 318 g/mol. The van der Waals surface area contributed by atoms with Crippen LogP contribution >= 0.6 is 15.9 Å². The van der Waals surface area contributed by atoms with Crippen molar-refractivity contribution in [3.8, 4) is 0 Å². The first kappa shape index (κ1) is 15.0. The molecular formula is C16H18BrNO2. The number of alkyl halides is 1. The number of hydrogen-bond acceptors (Lipinski definition) is 3. The van der Waals surface area contributed by atoms with E-state index in [1.54, 1.807) is 0 Å². The van der Waals surface area contributed by atoms with Crippen LogP contribution < -0.4 is 5.32 Å². The van der Waals surface area contributed by atoms with Crippen LogP contribution in [-0.4, -0.2) is 21.6 Å². The summed E-state index contributed by atoms with van der Waals surface area (Å²) in [5, 5.41) is 24.1. The molecule has 2 atom stereocenters. The molecule has 2 aromatic rings. The van der Waals surface area contributed by atoms with Crippen LogP contribution in [-0.2, 0) is 0 Å². The van der Waals surface area contributed by atoms with Crippen LogP contribution in [0, 0.1) is 0 Å². The number of hydrogen-bond donors (Lipinski definition) is 3. The molecule has 0 saturated carbocycles. The lowest BCUT2D eigenvalue weighted by Crippen LogP contribution is -2.19. The fourth-order valence-electron chi connectivity index (χ4n) is 2.02. The Labute approximate surface area is 127 Å². The molecule has 0 aliphatic rings. The molecule has 2 unspecified atom stereocenters. The highest BCUT2D eigenvalue weighted by molar-refractivity contribution is 9.09. The average molecular weight is 336 g/mol. The second-order valence-corrected chi connectivity index (χ2v) is 5.36. The molecule has 0 aromatic heterocycles. The first-order valence-corrected chi connectivity index (χ1v) is 7.67. The Morgan fingerprint density at radius 1 is 0.950 bits per heavy atom. The van der Waals surface area contributed by atoms with Gasteiger partial charge in [-0.2, -0.15) is 0 Å². The van der Waals surface area contributed by atoms with Gasteiger partial charge in [0.2, 0.25) is 0 Å². The van der Waals surface area contributed by atoms with Crippen molar-refractivity contribution < 1.29 is 10.2 Å². The first-order valence-electron chi connectivity index (χ1n) is 6.55. The molecule has 0 saturated heterocycles. The monoisotopic (exact) mass is 335 g/mol. The predicted molar refractivity (Wildman–Crippen MR) is 85.5 cm³/mol. The summed E-state index contributed by atoms with van der Waals surface area (Å²) in [6.45, 7) is 0. The van der Waals surface area contributed by atoms with E-state index in [-0.39, 0.29) is 0 Å². The van der Waals surface area contributed by atoms with Gasteiger partial charge in [-0.05, 0) is 24.6 Å². The zero-order chi connectivity index (χ0) is 14.4. The molecule has 3 nitrogen and oxygen atoms in total. The van der Waals surface area contributed by atoms with Gasteiger partial charge < -0.3 is 15.5 Å². The maximum Gasteiger partial charge on any atom is 0.107 e. The third-order valence-corrected chi connectivity index (χ3v) is 3.56. The number of halogens is 1. The minimum atomic E-state index is -0.903. The molecule has 0 aliphatic carbocycles. The summed E-state index contributed by atoms with van der Waals surface area (Å²) in [6, 6.07) is 17.2. The Hall–Kier alpha value is -1.36. The van der Waals surface area contributed by atoms with Crippen molar-refractivity contribution in [2.75, 3.05) is 10.6 Å². The summed E-state index contributed by atoms with van der Waals surface area (Å²) < 4.78 is 0. The van der Waals surface area contributed by atoms with E-state index in [1.807, 2.05) is 54.6 Å². The number of rotatable bonds is 6. The van der Waals surface area contributed by atoms with E-state index >= 15 is 0 Å². The van der Waals surface area contributed by atoms with Crippen LogP contribution in [0.3, 0.4) is 0 Å². The number of aliphatic hydroxyl groups excluding tert-OH is 2. The molecule has 0 heterocycles. The Balaban J connectivity index is 2.22. The summed E-state index contributed by atoms with van der Waals surface area (Å²) in [5.74, 6) is 0. The largest absolute Gasteiger partial charge is 0.390 e. The van der Waals surface area contributed by atoms with Crippen molar-refractivity contribution in [1.82, 2.24) is 0 Å². The summed E-state index contributed by atoms with van der Waals surface area (Å²) in [4.78, 5) is 0. The molecule has 2 aromatic carbocycles. The topological polar surface area (TPSA) is 52.5 Å². The molecule has 2 rings (SSSR count). The SMILES string of the molecule is OC(CCBr)C(O)c1ccccc1Nc1ccccc1. The minimum Gasteiger partial charge on any atom is -0.390 e. The smallest absolute Gasteiger partial charge is 0.107 e. The second-order valence-electron chi connectivity index (χ2n) is 4.57. The van der Waals surface area contributed by atoms with E-state index in [0.29, 0.717) is 17.3 Å². The van der Waals surface area contributed by atoms with Crippen molar-refractivity contribution in [2.24, 2.45) is 0 Å². The maximum absolute atomic E-state index is 10.3. The average Bonchev–Trinajstić information content (AvgIpc) is 2.48. The Morgan fingerprint density at radius 3 is 2.30 bits per heavy atom. The molecule has 4 heteroatoms. The summed E-state index contributed by atoms with van der Waals surface area (Å²) >= 11 is 3.28. The van der Waals surface area contributed by atoms with Crippen LogP contribution in [0.2, 0.25) is 0 Å². The highest BCUT2D eigenvalue weighted by Gasteiger charge is 2.20. The lowest BCUT2D eigenvalue weighted by molar-refractivity contribution is 0.0178. The van der Waals surface area contributed by atoms with Gasteiger partial charge in [0, 0.05) is 22.3 Å². The Bertz CT molecular complexity index is 533. The van der Waals surface area contributed by atoms with Crippen molar-refractivity contribution >= 4 is 27.3 Å². The fourth-order valence-corrected chi connectivity index (χ4v) is 2.49. The third kappa shape index (κ3) is 3.82. The molecule has 20 heavy (non-hydrogen) atoms. The molecule has 0 fully saturated rings. The lowest BCUT2D eigenvalue weighted by atomic mass is 10.0. The van der Waals surface area contributed by atoms with E-state index in [2.05, 4.69) is 21.2 Å². The fraction of sp³-hybridized carbons (Fsp3) is 0.250. The molecule has 106 valence electrons. The van der Waals surface area contributed by atoms with Crippen molar-refractivity contribution in [2.45, 2.75) is 18.6 Å². The lowest BCUT2D eigenvalue weighted by Gasteiger charge is -2.21. The quantitative estimate of drug-likeness (QED) is 0.707. The van der Waals surface area contributed by atoms with Gasteiger partial charge in [0.1, 0.15) is 6.10 Å². The van der Waals surface area contributed by atoms with Gasteiger partial charge in [0.15, 0.2) is 0 Å². The number of anilines is 2.